The van der Waals surface area contributed by atoms with Gasteiger partial charge in [0.05, 0.1) is 25.0 Å². The van der Waals surface area contributed by atoms with Crippen LogP contribution in [0.2, 0.25) is 0 Å². The fraction of sp³-hybridized carbons (Fsp3) is 0.211. The second-order valence-electron chi connectivity index (χ2n) is 5.54. The summed E-state index contributed by atoms with van der Waals surface area (Å²) in [6.45, 7) is 1.86. The number of amides is 1. The lowest BCUT2D eigenvalue weighted by Crippen LogP contribution is -2.22. The average molecular weight is 402 g/mol. The maximum absolute atomic E-state index is 12.4. The smallest absolute Gasteiger partial charge is 0.239 e. The third-order valence-electron chi connectivity index (χ3n) is 3.72. The standard InChI is InChI=1S/C19H19N3O3S2/c1-12(26-14-7-5-4-6-8-14)17(23)20-19-22-21-18(27-19)15-10-9-13(24-2)11-16(15)25-3/h4-12H,1-3H3,(H,20,22,23)/t12-/m0/s1. The van der Waals surface area contributed by atoms with Gasteiger partial charge < -0.3 is 9.47 Å². The number of anilines is 1. The molecule has 0 spiro atoms. The van der Waals surface area contributed by atoms with E-state index < -0.39 is 0 Å². The van der Waals surface area contributed by atoms with Gasteiger partial charge in [0.2, 0.25) is 11.0 Å². The van der Waals surface area contributed by atoms with Crippen molar-refractivity contribution in [2.75, 3.05) is 19.5 Å². The van der Waals surface area contributed by atoms with Gasteiger partial charge in [0.15, 0.2) is 5.01 Å². The van der Waals surface area contributed by atoms with Crippen molar-refractivity contribution in [3.8, 4) is 22.1 Å². The van der Waals surface area contributed by atoms with Gasteiger partial charge in [0.1, 0.15) is 11.5 Å². The molecule has 3 aromatic rings. The van der Waals surface area contributed by atoms with Gasteiger partial charge in [-0.25, -0.2) is 0 Å². The summed E-state index contributed by atoms with van der Waals surface area (Å²) in [6, 6.07) is 15.3. The minimum atomic E-state index is -0.254. The molecule has 0 aliphatic rings. The van der Waals surface area contributed by atoms with Crippen LogP contribution in [0.4, 0.5) is 5.13 Å². The molecule has 0 fully saturated rings. The van der Waals surface area contributed by atoms with Gasteiger partial charge in [-0.1, -0.05) is 29.5 Å². The molecule has 1 atom stereocenters. The number of thioether (sulfide) groups is 1. The lowest BCUT2D eigenvalue weighted by Gasteiger charge is -2.10. The normalized spacial score (nSPS) is 11.7. The SMILES string of the molecule is COc1ccc(-c2nnc(NC(=O)[C@H](C)Sc3ccccc3)s2)c(OC)c1. The van der Waals surface area contributed by atoms with E-state index in [9.17, 15) is 4.79 Å². The maximum atomic E-state index is 12.4. The third kappa shape index (κ3) is 4.78. The summed E-state index contributed by atoms with van der Waals surface area (Å²) in [4.78, 5) is 13.5. The van der Waals surface area contributed by atoms with Crippen LogP contribution in [0.25, 0.3) is 10.6 Å². The van der Waals surface area contributed by atoms with Crippen molar-refractivity contribution in [2.24, 2.45) is 0 Å². The molecule has 1 aromatic heterocycles. The Labute approximate surface area is 165 Å². The number of carbonyl (C=O) groups is 1. The zero-order chi connectivity index (χ0) is 19.2. The number of benzene rings is 2. The van der Waals surface area contributed by atoms with Crippen molar-refractivity contribution in [3.05, 3.63) is 48.5 Å². The van der Waals surface area contributed by atoms with E-state index in [1.165, 1.54) is 23.1 Å². The summed E-state index contributed by atoms with van der Waals surface area (Å²) < 4.78 is 10.6. The summed E-state index contributed by atoms with van der Waals surface area (Å²) in [5.41, 5.74) is 0.794. The van der Waals surface area contributed by atoms with Crippen LogP contribution in [0.15, 0.2) is 53.4 Å². The number of rotatable bonds is 7. The lowest BCUT2D eigenvalue weighted by molar-refractivity contribution is -0.115. The topological polar surface area (TPSA) is 73.3 Å². The summed E-state index contributed by atoms with van der Waals surface area (Å²) in [5, 5.41) is 11.9. The quantitative estimate of drug-likeness (QED) is 0.594. The van der Waals surface area contributed by atoms with Crippen molar-refractivity contribution < 1.29 is 14.3 Å². The summed E-state index contributed by atoms with van der Waals surface area (Å²) in [5.74, 6) is 1.21. The molecule has 3 rings (SSSR count). The van der Waals surface area contributed by atoms with Gasteiger partial charge in [-0.2, -0.15) is 0 Å². The first-order valence-corrected chi connectivity index (χ1v) is 9.89. The van der Waals surface area contributed by atoms with Crippen LogP contribution in [0.5, 0.6) is 11.5 Å². The van der Waals surface area contributed by atoms with E-state index in [2.05, 4.69) is 15.5 Å². The van der Waals surface area contributed by atoms with Crippen LogP contribution >= 0.6 is 23.1 Å². The fourth-order valence-corrected chi connectivity index (χ4v) is 3.99. The number of aromatic nitrogens is 2. The number of methoxy groups -OCH3 is 2. The van der Waals surface area contributed by atoms with Crippen molar-refractivity contribution in [2.45, 2.75) is 17.1 Å². The largest absolute Gasteiger partial charge is 0.497 e. The highest BCUT2D eigenvalue weighted by atomic mass is 32.2. The van der Waals surface area contributed by atoms with E-state index in [0.717, 1.165) is 10.5 Å². The second-order valence-corrected chi connectivity index (χ2v) is 7.93. The molecule has 1 amide bonds. The first kappa shape index (κ1) is 19.2. The summed E-state index contributed by atoms with van der Waals surface area (Å²) in [6.07, 6.45) is 0. The molecular formula is C19H19N3O3S2. The van der Waals surface area contributed by atoms with Crippen molar-refractivity contribution in [1.29, 1.82) is 0 Å². The highest BCUT2D eigenvalue weighted by Gasteiger charge is 2.18. The Morgan fingerprint density at radius 3 is 2.59 bits per heavy atom. The Morgan fingerprint density at radius 1 is 1.11 bits per heavy atom. The zero-order valence-corrected chi connectivity index (χ0v) is 16.8. The number of ether oxygens (including phenoxy) is 2. The van der Waals surface area contributed by atoms with Gasteiger partial charge in [0, 0.05) is 11.0 Å². The van der Waals surface area contributed by atoms with Crippen LogP contribution in [0.1, 0.15) is 6.92 Å². The highest BCUT2D eigenvalue weighted by Crippen LogP contribution is 2.36. The minimum absolute atomic E-state index is 0.117. The number of nitrogens with zero attached hydrogens (tertiary/aromatic N) is 2. The van der Waals surface area contributed by atoms with Crippen LogP contribution < -0.4 is 14.8 Å². The van der Waals surface area contributed by atoms with E-state index >= 15 is 0 Å². The zero-order valence-electron chi connectivity index (χ0n) is 15.1. The predicted molar refractivity (Wildman–Crippen MR) is 109 cm³/mol. The number of hydrogen-bond acceptors (Lipinski definition) is 7. The third-order valence-corrected chi connectivity index (χ3v) is 5.70. The number of carbonyl (C=O) groups excluding carboxylic acids is 1. The molecule has 0 aliphatic heterocycles. The minimum Gasteiger partial charge on any atom is -0.497 e. The number of nitrogens with one attached hydrogen (secondary N) is 1. The van der Waals surface area contributed by atoms with E-state index in [1.807, 2.05) is 49.4 Å². The predicted octanol–water partition coefficient (Wildman–Crippen LogP) is 4.34. The molecular weight excluding hydrogens is 382 g/mol. The first-order valence-electron chi connectivity index (χ1n) is 8.19. The first-order chi connectivity index (χ1) is 13.1. The molecule has 140 valence electrons. The van der Waals surface area contributed by atoms with E-state index in [0.29, 0.717) is 21.6 Å². The molecule has 1 N–H and O–H groups in total. The van der Waals surface area contributed by atoms with Gasteiger partial charge >= 0.3 is 0 Å². The maximum Gasteiger partial charge on any atom is 0.239 e. The van der Waals surface area contributed by atoms with Gasteiger partial charge in [-0.3, -0.25) is 10.1 Å². The van der Waals surface area contributed by atoms with Crippen LogP contribution in [0, 0.1) is 0 Å². The van der Waals surface area contributed by atoms with Crippen molar-refractivity contribution in [3.63, 3.8) is 0 Å². The molecule has 0 bridgehead atoms. The Morgan fingerprint density at radius 2 is 1.89 bits per heavy atom. The van der Waals surface area contributed by atoms with Gasteiger partial charge in [-0.15, -0.1) is 22.0 Å². The molecule has 1 heterocycles. The van der Waals surface area contributed by atoms with Gasteiger partial charge in [-0.05, 0) is 31.2 Å². The molecule has 0 saturated heterocycles. The fourth-order valence-electron chi connectivity index (χ4n) is 2.32. The average Bonchev–Trinajstić information content (AvgIpc) is 3.16. The lowest BCUT2D eigenvalue weighted by atomic mass is 10.2. The van der Waals surface area contributed by atoms with Crippen LogP contribution in [0.3, 0.4) is 0 Å². The Kier molecular flexibility index (Phi) is 6.31. The Bertz CT molecular complexity index is 916. The van der Waals surface area contributed by atoms with Gasteiger partial charge in [0.25, 0.3) is 0 Å². The monoisotopic (exact) mass is 401 g/mol. The molecule has 0 saturated carbocycles. The van der Waals surface area contributed by atoms with Crippen molar-refractivity contribution in [1.82, 2.24) is 10.2 Å². The van der Waals surface area contributed by atoms with Crippen LogP contribution in [-0.2, 0) is 4.79 Å². The highest BCUT2D eigenvalue weighted by molar-refractivity contribution is 8.00. The Hall–Kier alpha value is -2.58. The molecule has 27 heavy (non-hydrogen) atoms. The molecule has 8 heteroatoms. The second kappa shape index (κ2) is 8.88. The summed E-state index contributed by atoms with van der Waals surface area (Å²) >= 11 is 2.79. The number of hydrogen-bond donors (Lipinski definition) is 1. The van der Waals surface area contributed by atoms with Crippen molar-refractivity contribution >= 4 is 34.1 Å². The molecule has 0 radical (unpaired) electrons. The molecule has 2 aromatic carbocycles. The van der Waals surface area contributed by atoms with E-state index in [1.54, 1.807) is 20.3 Å². The van der Waals surface area contributed by atoms with Crippen LogP contribution in [-0.4, -0.2) is 35.6 Å². The Balaban J connectivity index is 1.70. The summed E-state index contributed by atoms with van der Waals surface area (Å²) in [7, 11) is 3.19. The van der Waals surface area contributed by atoms with E-state index in [-0.39, 0.29) is 11.2 Å². The molecule has 6 nitrogen and oxygen atoms in total. The molecule has 0 unspecified atom stereocenters. The van der Waals surface area contributed by atoms with E-state index in [4.69, 9.17) is 9.47 Å². The molecule has 0 aliphatic carbocycles.